The van der Waals surface area contributed by atoms with E-state index < -0.39 is 14.9 Å². The molecule has 1 aromatic carbocycles. The van der Waals surface area contributed by atoms with Gasteiger partial charge >= 0.3 is 0 Å². The average Bonchev–Trinajstić information content (AvgIpc) is 2.36. The second-order valence-electron chi connectivity index (χ2n) is 3.61. The first-order valence-corrected chi connectivity index (χ1v) is 7.47. The number of benzene rings is 1. The van der Waals surface area contributed by atoms with Crippen molar-refractivity contribution in [3.63, 3.8) is 0 Å². The minimum atomic E-state index is -3.55. The SMILES string of the molecule is COc1cc([N+](=O)[O-])ccc1NS(=O)(=O)CCCCl. The standard InChI is InChI=1S/C10H13ClN2O5S/c1-18-10-7-8(13(14)15)3-4-9(10)12-19(16,17)6-2-5-11/h3-4,7,12H,2,5-6H2,1H3. The number of ether oxygens (including phenoxy) is 1. The van der Waals surface area contributed by atoms with Crippen molar-refractivity contribution in [3.8, 4) is 5.75 Å². The number of nitro benzene ring substituents is 1. The van der Waals surface area contributed by atoms with Crippen LogP contribution in [0.25, 0.3) is 0 Å². The first kappa shape index (κ1) is 15.5. The van der Waals surface area contributed by atoms with Crippen LogP contribution in [-0.4, -0.2) is 32.1 Å². The fraction of sp³-hybridized carbons (Fsp3) is 0.400. The average molecular weight is 309 g/mol. The van der Waals surface area contributed by atoms with Crippen LogP contribution in [0.2, 0.25) is 0 Å². The molecule has 106 valence electrons. The molecule has 1 N–H and O–H groups in total. The molecule has 19 heavy (non-hydrogen) atoms. The first-order valence-electron chi connectivity index (χ1n) is 5.28. The highest BCUT2D eigenvalue weighted by Gasteiger charge is 2.16. The van der Waals surface area contributed by atoms with Gasteiger partial charge in [-0.2, -0.15) is 0 Å². The predicted molar refractivity (Wildman–Crippen MR) is 72.4 cm³/mol. The van der Waals surface area contributed by atoms with Crippen LogP contribution in [0.4, 0.5) is 11.4 Å². The Morgan fingerprint density at radius 3 is 2.68 bits per heavy atom. The number of halogens is 1. The Balaban J connectivity index is 2.98. The maximum Gasteiger partial charge on any atom is 0.273 e. The molecule has 1 rings (SSSR count). The van der Waals surface area contributed by atoms with Gasteiger partial charge in [0.25, 0.3) is 5.69 Å². The van der Waals surface area contributed by atoms with Gasteiger partial charge in [0.2, 0.25) is 10.0 Å². The molecule has 0 saturated heterocycles. The number of anilines is 1. The highest BCUT2D eigenvalue weighted by molar-refractivity contribution is 7.92. The van der Waals surface area contributed by atoms with E-state index in [1.54, 1.807) is 0 Å². The molecule has 0 aliphatic heterocycles. The van der Waals surface area contributed by atoms with Crippen LogP contribution in [0.5, 0.6) is 5.75 Å². The van der Waals surface area contributed by atoms with Gasteiger partial charge in [0.05, 0.1) is 29.5 Å². The zero-order valence-electron chi connectivity index (χ0n) is 10.1. The zero-order valence-corrected chi connectivity index (χ0v) is 11.7. The van der Waals surface area contributed by atoms with Crippen LogP contribution in [0.3, 0.4) is 0 Å². The molecule has 0 bridgehead atoms. The van der Waals surface area contributed by atoms with Gasteiger partial charge in [0.1, 0.15) is 5.75 Å². The van der Waals surface area contributed by atoms with Crippen LogP contribution in [0.15, 0.2) is 18.2 Å². The highest BCUT2D eigenvalue weighted by Crippen LogP contribution is 2.29. The predicted octanol–water partition coefficient (Wildman–Crippen LogP) is 1.97. The number of hydrogen-bond donors (Lipinski definition) is 1. The summed E-state index contributed by atoms with van der Waals surface area (Å²) in [6.07, 6.45) is 0.312. The number of rotatable bonds is 7. The third kappa shape index (κ3) is 4.56. The van der Waals surface area contributed by atoms with Gasteiger partial charge in [-0.15, -0.1) is 11.6 Å². The maximum absolute atomic E-state index is 11.7. The lowest BCUT2D eigenvalue weighted by atomic mass is 10.2. The Labute approximate surface area is 115 Å². The molecule has 9 heteroatoms. The number of non-ortho nitro benzene ring substituents is 1. The molecule has 0 spiro atoms. The number of sulfonamides is 1. The Morgan fingerprint density at radius 1 is 1.47 bits per heavy atom. The van der Waals surface area contributed by atoms with Crippen LogP contribution < -0.4 is 9.46 Å². The molecule has 0 fully saturated rings. The lowest BCUT2D eigenvalue weighted by Crippen LogP contribution is -2.17. The molecule has 0 atom stereocenters. The van der Waals surface area contributed by atoms with E-state index in [4.69, 9.17) is 16.3 Å². The number of hydrogen-bond acceptors (Lipinski definition) is 5. The largest absolute Gasteiger partial charge is 0.494 e. The molecule has 0 aliphatic rings. The lowest BCUT2D eigenvalue weighted by molar-refractivity contribution is -0.384. The minimum Gasteiger partial charge on any atom is -0.494 e. The Kier molecular flexibility index (Phi) is 5.37. The van der Waals surface area contributed by atoms with Gasteiger partial charge in [-0.25, -0.2) is 8.42 Å². The molecule has 1 aromatic rings. The van der Waals surface area contributed by atoms with Gasteiger partial charge in [-0.3, -0.25) is 14.8 Å². The van der Waals surface area contributed by atoms with Gasteiger partial charge in [0, 0.05) is 11.9 Å². The van der Waals surface area contributed by atoms with E-state index in [1.807, 2.05) is 0 Å². The van der Waals surface area contributed by atoms with Crippen molar-refractivity contribution in [2.75, 3.05) is 23.5 Å². The summed E-state index contributed by atoms with van der Waals surface area (Å²) in [6.45, 7) is 0. The highest BCUT2D eigenvalue weighted by atomic mass is 35.5. The Hall–Kier alpha value is -1.54. The number of nitrogens with zero attached hydrogens (tertiary/aromatic N) is 1. The quantitative estimate of drug-likeness (QED) is 0.471. The number of alkyl halides is 1. The van der Waals surface area contributed by atoms with E-state index in [0.717, 1.165) is 6.07 Å². The van der Waals surface area contributed by atoms with Crippen molar-refractivity contribution in [1.82, 2.24) is 0 Å². The van der Waals surface area contributed by atoms with Crippen LogP contribution in [0, 0.1) is 10.1 Å². The molecule has 0 aliphatic carbocycles. The Morgan fingerprint density at radius 2 is 2.16 bits per heavy atom. The van der Waals surface area contributed by atoms with Crippen molar-refractivity contribution >= 4 is 33.0 Å². The lowest BCUT2D eigenvalue weighted by Gasteiger charge is -2.11. The summed E-state index contributed by atoms with van der Waals surface area (Å²) in [6, 6.07) is 3.64. The molecule has 0 amide bonds. The summed E-state index contributed by atoms with van der Waals surface area (Å²) in [7, 11) is -2.25. The van der Waals surface area contributed by atoms with E-state index in [1.165, 1.54) is 19.2 Å². The molecule has 0 aromatic heterocycles. The van der Waals surface area contributed by atoms with Gasteiger partial charge in [-0.1, -0.05) is 0 Å². The second kappa shape index (κ2) is 6.58. The van der Waals surface area contributed by atoms with Gasteiger partial charge < -0.3 is 4.74 Å². The maximum atomic E-state index is 11.7. The molecular weight excluding hydrogens is 296 g/mol. The normalized spacial score (nSPS) is 11.1. The number of nitro groups is 1. The zero-order chi connectivity index (χ0) is 14.5. The van der Waals surface area contributed by atoms with Crippen molar-refractivity contribution in [2.45, 2.75) is 6.42 Å². The summed E-state index contributed by atoms with van der Waals surface area (Å²) in [5, 5.41) is 10.6. The Bertz CT molecular complexity index is 561. The van der Waals surface area contributed by atoms with Crippen LogP contribution in [-0.2, 0) is 10.0 Å². The fourth-order valence-corrected chi connectivity index (χ4v) is 2.76. The second-order valence-corrected chi connectivity index (χ2v) is 5.82. The number of nitrogens with one attached hydrogen (secondary N) is 1. The summed E-state index contributed by atoms with van der Waals surface area (Å²) in [5.74, 6) is 0.193. The molecular formula is C10H13ClN2O5S. The first-order chi connectivity index (χ1) is 8.89. The van der Waals surface area contributed by atoms with E-state index in [2.05, 4.69) is 4.72 Å². The molecule has 0 heterocycles. The third-order valence-electron chi connectivity index (χ3n) is 2.21. The third-order valence-corrected chi connectivity index (χ3v) is 3.83. The molecule has 0 radical (unpaired) electrons. The molecule has 0 unspecified atom stereocenters. The topological polar surface area (TPSA) is 98.5 Å². The molecule has 7 nitrogen and oxygen atoms in total. The summed E-state index contributed by atoms with van der Waals surface area (Å²) < 4.78 is 30.6. The summed E-state index contributed by atoms with van der Waals surface area (Å²) in [4.78, 5) is 10.0. The van der Waals surface area contributed by atoms with Crippen molar-refractivity contribution in [1.29, 1.82) is 0 Å². The van der Waals surface area contributed by atoms with E-state index in [9.17, 15) is 18.5 Å². The molecule has 0 saturated carbocycles. The van der Waals surface area contributed by atoms with Gasteiger partial charge in [-0.05, 0) is 12.5 Å². The van der Waals surface area contributed by atoms with E-state index >= 15 is 0 Å². The van der Waals surface area contributed by atoms with Crippen LogP contribution in [0.1, 0.15) is 6.42 Å². The van der Waals surface area contributed by atoms with Crippen molar-refractivity contribution < 1.29 is 18.1 Å². The van der Waals surface area contributed by atoms with Gasteiger partial charge in [0.15, 0.2) is 0 Å². The number of methoxy groups -OCH3 is 1. The van der Waals surface area contributed by atoms with E-state index in [0.29, 0.717) is 6.42 Å². The fourth-order valence-electron chi connectivity index (χ4n) is 1.34. The van der Waals surface area contributed by atoms with E-state index in [-0.39, 0.29) is 28.8 Å². The summed E-state index contributed by atoms with van der Waals surface area (Å²) >= 11 is 5.43. The van der Waals surface area contributed by atoms with Crippen LogP contribution >= 0.6 is 11.6 Å². The van der Waals surface area contributed by atoms with Crippen molar-refractivity contribution in [3.05, 3.63) is 28.3 Å². The monoisotopic (exact) mass is 308 g/mol. The van der Waals surface area contributed by atoms with Crippen molar-refractivity contribution in [2.24, 2.45) is 0 Å². The minimum absolute atomic E-state index is 0.0867. The smallest absolute Gasteiger partial charge is 0.273 e. The summed E-state index contributed by atoms with van der Waals surface area (Å²) in [5.41, 5.74) is -0.0248.